The van der Waals surface area contributed by atoms with Crippen LogP contribution in [0.3, 0.4) is 0 Å². The number of nitrogens with zero attached hydrogens (tertiary/aromatic N) is 6. The number of aromatic nitrogens is 3. The highest BCUT2D eigenvalue weighted by Gasteiger charge is 2.50. The third-order valence-electron chi connectivity index (χ3n) is 15.1. The Morgan fingerprint density at radius 2 is 1.60 bits per heavy atom. The first-order valence-corrected chi connectivity index (χ1v) is 26.8. The van der Waals surface area contributed by atoms with E-state index in [2.05, 4.69) is 58.0 Å². The van der Waals surface area contributed by atoms with E-state index in [-0.39, 0.29) is 97.6 Å². The van der Waals surface area contributed by atoms with Crippen LogP contribution in [0.15, 0.2) is 83.9 Å². The average Bonchev–Trinajstić information content (AvgIpc) is 3.94. The van der Waals surface area contributed by atoms with Crippen molar-refractivity contribution in [2.75, 3.05) is 44.8 Å². The highest BCUT2D eigenvalue weighted by molar-refractivity contribution is 6.90. The van der Waals surface area contributed by atoms with Crippen molar-refractivity contribution in [1.29, 1.82) is 0 Å². The van der Waals surface area contributed by atoms with E-state index >= 15 is 17.6 Å². The van der Waals surface area contributed by atoms with Gasteiger partial charge in [-0.2, -0.15) is 9.97 Å². The van der Waals surface area contributed by atoms with Crippen molar-refractivity contribution in [3.05, 3.63) is 113 Å². The number of rotatable bonds is 12. The molecule has 3 aliphatic heterocycles. The lowest BCUT2D eigenvalue weighted by atomic mass is 9.94. The topological polar surface area (TPSA) is 85.2 Å². The Bertz CT molecular complexity index is 3090. The predicted octanol–water partition coefficient (Wildman–Crippen LogP) is 12.3. The number of fused-ring (bicyclic) bond motifs is 4. The molecule has 0 N–H and O–H groups in total. The molecule has 14 heteroatoms. The van der Waals surface area contributed by atoms with E-state index in [0.717, 1.165) is 17.2 Å². The van der Waals surface area contributed by atoms with Gasteiger partial charge in [0.15, 0.2) is 17.5 Å². The third kappa shape index (κ3) is 8.51. The molecular weight excluding hydrogens is 909 g/mol. The van der Waals surface area contributed by atoms with Gasteiger partial charge >= 0.3 is 6.01 Å². The van der Waals surface area contributed by atoms with E-state index in [9.17, 15) is 2.74 Å². The average molecular weight is 971 g/mol. The number of methoxy groups -OCH3 is 1. The lowest BCUT2D eigenvalue weighted by Crippen LogP contribution is -2.43. The fraction of sp³-hybridized carbons (Fsp3) is 0.429. The van der Waals surface area contributed by atoms with E-state index in [4.69, 9.17) is 29.2 Å². The largest absolute Gasteiger partial charge is 0.480 e. The van der Waals surface area contributed by atoms with Gasteiger partial charge in [0, 0.05) is 48.2 Å². The fourth-order valence-corrected chi connectivity index (χ4v) is 16.9. The molecule has 364 valence electrons. The predicted molar refractivity (Wildman–Crippen MR) is 271 cm³/mol. The van der Waals surface area contributed by atoms with Crippen molar-refractivity contribution in [3.63, 3.8) is 0 Å². The minimum Gasteiger partial charge on any atom is -0.480 e. The van der Waals surface area contributed by atoms with Crippen molar-refractivity contribution in [2.24, 2.45) is 4.99 Å². The maximum Gasteiger partial charge on any atom is 0.319 e. The first-order chi connectivity index (χ1) is 34.5. The number of hydrogen-bond acceptors (Lipinski definition) is 9. The van der Waals surface area contributed by atoms with Crippen molar-refractivity contribution >= 4 is 47.0 Å². The number of anilines is 1. The number of hydrogen-bond donors (Lipinski definition) is 0. The summed E-state index contributed by atoms with van der Waals surface area (Å²) in [5.74, 6) is 0.0436. The van der Waals surface area contributed by atoms with Crippen LogP contribution in [0, 0.1) is 28.9 Å². The Labute approximate surface area is 411 Å². The van der Waals surface area contributed by atoms with Crippen LogP contribution in [0.1, 0.15) is 93.1 Å². The molecule has 4 aliphatic rings. The van der Waals surface area contributed by atoms with Crippen molar-refractivity contribution < 1.29 is 34.5 Å². The Kier molecular flexibility index (Phi) is 12.3. The van der Waals surface area contributed by atoms with Crippen molar-refractivity contribution in [1.82, 2.24) is 19.9 Å². The van der Waals surface area contributed by atoms with Crippen LogP contribution in [0.5, 0.6) is 11.9 Å². The van der Waals surface area contributed by atoms with Gasteiger partial charge in [0.25, 0.3) is 0 Å². The summed E-state index contributed by atoms with van der Waals surface area (Å²) in [6, 6.07) is 22.8. The lowest BCUT2D eigenvalue weighted by Gasteiger charge is -2.38. The molecule has 4 atom stereocenters. The first-order valence-electron chi connectivity index (χ1n) is 25.6. The van der Waals surface area contributed by atoms with Crippen LogP contribution < -0.4 is 14.4 Å². The molecular formula is C56H60F4N6O3Si. The number of pyridine rings is 1. The van der Waals surface area contributed by atoms with Crippen LogP contribution in [0.4, 0.5) is 29.1 Å². The normalized spacial score (nSPS) is 21.9. The zero-order valence-corrected chi connectivity index (χ0v) is 41.8. The summed E-state index contributed by atoms with van der Waals surface area (Å²) >= 11 is 0. The molecule has 9 nitrogen and oxygen atoms in total. The molecule has 70 heavy (non-hydrogen) atoms. The Hall–Kier alpha value is -5.88. The van der Waals surface area contributed by atoms with Gasteiger partial charge in [0.2, 0.25) is 5.88 Å². The van der Waals surface area contributed by atoms with Gasteiger partial charge in [0.1, 0.15) is 43.2 Å². The molecule has 1 saturated carbocycles. The van der Waals surface area contributed by atoms with Crippen LogP contribution in [0.25, 0.3) is 32.9 Å². The molecule has 0 unspecified atom stereocenters. The molecule has 0 bridgehead atoms. The third-order valence-corrected chi connectivity index (χ3v) is 21.4. The smallest absolute Gasteiger partial charge is 0.319 e. The number of ether oxygens (including phenoxy) is 3. The highest BCUT2D eigenvalue weighted by atomic mass is 28.3. The first kappa shape index (κ1) is 45.3. The molecule has 3 saturated heterocycles. The summed E-state index contributed by atoms with van der Waals surface area (Å²) in [4.78, 5) is 23.4. The van der Waals surface area contributed by atoms with Gasteiger partial charge < -0.3 is 19.1 Å². The number of benzene rings is 4. The van der Waals surface area contributed by atoms with Gasteiger partial charge in [-0.15, -0.1) is 5.54 Å². The number of aliphatic imine (C=N–C) groups is 1. The summed E-state index contributed by atoms with van der Waals surface area (Å²) < 4.78 is 104. The van der Waals surface area contributed by atoms with Crippen LogP contribution in [-0.2, 0) is 4.74 Å². The van der Waals surface area contributed by atoms with Crippen LogP contribution >= 0.6 is 0 Å². The van der Waals surface area contributed by atoms with Crippen LogP contribution in [-0.4, -0.2) is 97.4 Å². The van der Waals surface area contributed by atoms with Crippen molar-refractivity contribution in [3.8, 4) is 34.6 Å². The molecule has 0 spiro atoms. The summed E-state index contributed by atoms with van der Waals surface area (Å²) in [6.45, 7) is 11.8. The van der Waals surface area contributed by atoms with Crippen LogP contribution in [0.2, 0.25) is 16.6 Å². The minimum atomic E-state index is -2.56. The Balaban J connectivity index is 1.27. The van der Waals surface area contributed by atoms with Gasteiger partial charge in [0.05, 0.1) is 44.5 Å². The number of alkyl halides is 1. The SMILES string of the molecule is [2H]C([2H])(Oc1nc(N2CCCO[C@@H]3C[C@@H]32)c2c(OC)nc(-c3cc(N=C(c4ccccc4)c4ccccc4)cc4cc(F)c(F)c(C#C[Si](C(C)C)(C(C)C)C(C)C)c34)c(F)c2n1)[C@@]12CCCN1C[C@H](F)C2. The maximum absolute atomic E-state index is 18.5. The molecule has 4 aromatic carbocycles. The number of halogens is 4. The molecule has 10 rings (SSSR count). The van der Waals surface area contributed by atoms with Gasteiger partial charge in [-0.25, -0.2) is 27.5 Å². The summed E-state index contributed by atoms with van der Waals surface area (Å²) in [5.41, 5.74) is 4.36. The molecule has 5 heterocycles. The van der Waals surface area contributed by atoms with E-state index in [1.165, 1.54) is 7.11 Å². The second-order valence-electron chi connectivity index (χ2n) is 20.2. The second kappa shape index (κ2) is 19.0. The standard InChI is InChI=1S/C56H60F4N6O3Si/c1-33(2)70(34(3)4,35(5)6)25-20-41-46-38(27-43(58)48(41)59)26-40(61-50(36-16-10-8-11-17-36)37-18-12-9-13-19-37)28-42(46)51-49(60)52-47(54(62-51)67-7)53(66-23-15-24-68-45-29-44(45)66)64-55(63-52)69-32-56-21-14-22-65(56)31-39(57)30-56/h8-13,16-19,26-28,33-35,39,44-45H,14-15,21-24,29-32H2,1-7H3/t39-,44+,45-,56+/m1/s1/i32D2. The molecule has 6 aromatic rings. The Morgan fingerprint density at radius 3 is 2.27 bits per heavy atom. The molecule has 0 radical (unpaired) electrons. The summed E-state index contributed by atoms with van der Waals surface area (Å²) in [7, 11) is -1.17. The summed E-state index contributed by atoms with van der Waals surface area (Å²) in [6.07, 6.45) is 0.868. The fourth-order valence-electron chi connectivity index (χ4n) is 11.7. The zero-order chi connectivity index (χ0) is 50.9. The van der Waals surface area contributed by atoms with E-state index in [0.29, 0.717) is 51.1 Å². The molecule has 2 aromatic heterocycles. The minimum absolute atomic E-state index is 0.0438. The quantitative estimate of drug-likeness (QED) is 0.0519. The monoisotopic (exact) mass is 970 g/mol. The van der Waals surface area contributed by atoms with E-state index in [1.54, 1.807) is 17.0 Å². The van der Waals surface area contributed by atoms with E-state index < -0.39 is 49.8 Å². The molecule has 1 aliphatic carbocycles. The molecule has 4 fully saturated rings. The zero-order valence-electron chi connectivity index (χ0n) is 42.8. The molecule has 0 amide bonds. The van der Waals surface area contributed by atoms with Gasteiger partial charge in [-0.1, -0.05) is 108 Å². The Morgan fingerprint density at radius 1 is 0.900 bits per heavy atom. The lowest BCUT2D eigenvalue weighted by molar-refractivity contribution is 0.107. The summed E-state index contributed by atoms with van der Waals surface area (Å²) in [5, 5.41) is 0.426. The maximum atomic E-state index is 18.5. The van der Waals surface area contributed by atoms with E-state index in [1.807, 2.05) is 65.6 Å². The van der Waals surface area contributed by atoms with Crippen molar-refractivity contribution in [2.45, 2.75) is 114 Å². The highest BCUT2D eigenvalue weighted by Crippen LogP contribution is 2.47. The van der Waals surface area contributed by atoms with Gasteiger partial charge in [-0.3, -0.25) is 4.90 Å². The van der Waals surface area contributed by atoms with Gasteiger partial charge in [-0.05, 0) is 72.4 Å². The second-order valence-corrected chi connectivity index (χ2v) is 25.7.